The van der Waals surface area contributed by atoms with Crippen LogP contribution in [0.4, 0.5) is 0 Å². The van der Waals surface area contributed by atoms with Gasteiger partial charge >= 0.3 is 0 Å². The summed E-state index contributed by atoms with van der Waals surface area (Å²) in [6, 6.07) is 23.2. The second kappa shape index (κ2) is 9.41. The van der Waals surface area contributed by atoms with Crippen LogP contribution in [0.2, 0.25) is 0 Å². The minimum Gasteiger partial charge on any atom is -0.454 e. The van der Waals surface area contributed by atoms with Crippen LogP contribution >= 0.6 is 0 Å². The molecule has 0 spiro atoms. The van der Waals surface area contributed by atoms with E-state index in [1.54, 1.807) is 48.5 Å². The van der Waals surface area contributed by atoms with Crippen molar-refractivity contribution in [2.75, 3.05) is 6.79 Å². The lowest BCUT2D eigenvalue weighted by Crippen LogP contribution is -2.32. The summed E-state index contributed by atoms with van der Waals surface area (Å²) in [5.41, 5.74) is 4.42. The van der Waals surface area contributed by atoms with Crippen molar-refractivity contribution in [3.63, 3.8) is 0 Å². The lowest BCUT2D eigenvalue weighted by atomic mass is 10.1. The Morgan fingerprint density at radius 3 is 2.32 bits per heavy atom. The number of amides is 2. The molecule has 2 N–H and O–H groups in total. The van der Waals surface area contributed by atoms with E-state index in [1.165, 1.54) is 6.21 Å². The minimum absolute atomic E-state index is 0.0398. The largest absolute Gasteiger partial charge is 0.454 e. The quantitative estimate of drug-likeness (QED) is 0.369. The van der Waals surface area contributed by atoms with Gasteiger partial charge in [0.15, 0.2) is 11.5 Å². The summed E-state index contributed by atoms with van der Waals surface area (Å²) in [5, 5.41) is 6.64. The van der Waals surface area contributed by atoms with Crippen LogP contribution in [0.25, 0.3) is 6.08 Å². The molecule has 0 bridgehead atoms. The molecule has 154 valence electrons. The van der Waals surface area contributed by atoms with E-state index in [0.717, 1.165) is 5.56 Å². The van der Waals surface area contributed by atoms with Crippen molar-refractivity contribution < 1.29 is 19.1 Å². The van der Waals surface area contributed by atoms with Crippen molar-refractivity contribution in [2.45, 2.75) is 0 Å². The normalized spacial score (nSPS) is 12.6. The molecule has 0 saturated carbocycles. The number of hydrogen-bond acceptors (Lipinski definition) is 5. The van der Waals surface area contributed by atoms with Crippen LogP contribution in [0.1, 0.15) is 21.5 Å². The molecule has 0 aromatic heterocycles. The maximum absolute atomic E-state index is 12.8. The highest BCUT2D eigenvalue weighted by molar-refractivity contribution is 6.05. The zero-order chi connectivity index (χ0) is 21.5. The number of carbonyl (C=O) groups is 2. The number of nitrogens with zero attached hydrogens (tertiary/aromatic N) is 1. The van der Waals surface area contributed by atoms with Gasteiger partial charge < -0.3 is 14.8 Å². The average molecular weight is 413 g/mol. The number of rotatable bonds is 6. The average Bonchev–Trinajstić information content (AvgIpc) is 3.28. The summed E-state index contributed by atoms with van der Waals surface area (Å²) in [7, 11) is 0. The first-order chi connectivity index (χ1) is 15.2. The van der Waals surface area contributed by atoms with E-state index < -0.39 is 11.8 Å². The van der Waals surface area contributed by atoms with Gasteiger partial charge in [-0.05, 0) is 41.5 Å². The topological polar surface area (TPSA) is 89.0 Å². The molecule has 0 atom stereocenters. The second-order valence-corrected chi connectivity index (χ2v) is 6.60. The van der Waals surface area contributed by atoms with Gasteiger partial charge in [0, 0.05) is 5.56 Å². The molecular formula is C24H19N3O4. The molecule has 7 nitrogen and oxygen atoms in total. The van der Waals surface area contributed by atoms with Crippen LogP contribution in [-0.4, -0.2) is 24.8 Å². The van der Waals surface area contributed by atoms with Gasteiger partial charge in [-0.3, -0.25) is 9.59 Å². The molecule has 0 radical (unpaired) electrons. The molecule has 4 rings (SSSR count). The maximum atomic E-state index is 12.8. The number of ether oxygens (including phenoxy) is 2. The lowest BCUT2D eigenvalue weighted by molar-refractivity contribution is -0.117. The molecule has 0 unspecified atom stereocenters. The van der Waals surface area contributed by atoms with Crippen molar-refractivity contribution in [1.82, 2.24) is 10.7 Å². The summed E-state index contributed by atoms with van der Waals surface area (Å²) in [5.74, 6) is 0.234. The Morgan fingerprint density at radius 2 is 1.55 bits per heavy atom. The van der Waals surface area contributed by atoms with Gasteiger partial charge in [-0.2, -0.15) is 5.10 Å². The van der Waals surface area contributed by atoms with Gasteiger partial charge in [-0.1, -0.05) is 54.6 Å². The molecule has 0 saturated heterocycles. The van der Waals surface area contributed by atoms with Crippen molar-refractivity contribution in [1.29, 1.82) is 0 Å². The van der Waals surface area contributed by atoms with Crippen LogP contribution in [0, 0.1) is 0 Å². The van der Waals surface area contributed by atoms with E-state index in [0.29, 0.717) is 22.6 Å². The summed E-state index contributed by atoms with van der Waals surface area (Å²) < 4.78 is 10.7. The SMILES string of the molecule is O=C(NN=Cc1ccccc1)/C(=C/c1ccc2c(c1)OCO2)NC(=O)c1ccccc1. The van der Waals surface area contributed by atoms with Gasteiger partial charge in [-0.15, -0.1) is 0 Å². The first kappa shape index (κ1) is 19.9. The molecule has 1 aliphatic heterocycles. The third-order valence-corrected chi connectivity index (χ3v) is 4.42. The Kier molecular flexibility index (Phi) is 6.04. The summed E-state index contributed by atoms with van der Waals surface area (Å²) >= 11 is 0. The predicted molar refractivity (Wildman–Crippen MR) is 117 cm³/mol. The van der Waals surface area contributed by atoms with E-state index in [9.17, 15) is 9.59 Å². The van der Waals surface area contributed by atoms with Crippen molar-refractivity contribution in [2.24, 2.45) is 5.10 Å². The summed E-state index contributed by atoms with van der Waals surface area (Å²) in [6.07, 6.45) is 3.07. The van der Waals surface area contributed by atoms with Gasteiger partial charge in [0.05, 0.1) is 6.21 Å². The zero-order valence-electron chi connectivity index (χ0n) is 16.4. The van der Waals surface area contributed by atoms with Gasteiger partial charge in [0.1, 0.15) is 5.70 Å². The van der Waals surface area contributed by atoms with Crippen molar-refractivity contribution in [3.8, 4) is 11.5 Å². The predicted octanol–water partition coefficient (Wildman–Crippen LogP) is 3.34. The van der Waals surface area contributed by atoms with Crippen LogP contribution in [0.3, 0.4) is 0 Å². The Bertz CT molecular complexity index is 1140. The Morgan fingerprint density at radius 1 is 0.839 bits per heavy atom. The van der Waals surface area contributed by atoms with Crippen LogP contribution in [-0.2, 0) is 4.79 Å². The van der Waals surface area contributed by atoms with Crippen molar-refractivity contribution >= 4 is 24.1 Å². The van der Waals surface area contributed by atoms with Crippen LogP contribution in [0.5, 0.6) is 11.5 Å². The van der Waals surface area contributed by atoms with Gasteiger partial charge in [-0.25, -0.2) is 5.43 Å². The van der Waals surface area contributed by atoms with E-state index in [1.807, 2.05) is 36.4 Å². The van der Waals surface area contributed by atoms with E-state index >= 15 is 0 Å². The third-order valence-electron chi connectivity index (χ3n) is 4.42. The first-order valence-electron chi connectivity index (χ1n) is 9.55. The number of carbonyl (C=O) groups excluding carboxylic acids is 2. The second-order valence-electron chi connectivity index (χ2n) is 6.60. The minimum atomic E-state index is -0.561. The molecule has 1 heterocycles. The number of fused-ring (bicyclic) bond motifs is 1. The fraction of sp³-hybridized carbons (Fsp3) is 0.0417. The number of hydrazone groups is 1. The standard InChI is InChI=1S/C24H19N3O4/c28-23(19-9-5-2-6-10-19)26-20(13-18-11-12-21-22(14-18)31-16-30-21)24(29)27-25-15-17-7-3-1-4-8-17/h1-15H,16H2,(H,26,28)(H,27,29)/b20-13-,25-15?. The van der Waals surface area contributed by atoms with Crippen molar-refractivity contribution in [3.05, 3.63) is 101 Å². The fourth-order valence-electron chi connectivity index (χ4n) is 2.88. The molecule has 3 aromatic carbocycles. The highest BCUT2D eigenvalue weighted by Crippen LogP contribution is 2.33. The van der Waals surface area contributed by atoms with E-state index in [4.69, 9.17) is 9.47 Å². The molecule has 3 aromatic rings. The Balaban J connectivity index is 1.56. The molecule has 7 heteroatoms. The Hall–Kier alpha value is -4.39. The Labute approximate surface area is 179 Å². The summed E-state index contributed by atoms with van der Waals surface area (Å²) in [4.78, 5) is 25.4. The molecule has 0 aliphatic carbocycles. The lowest BCUT2D eigenvalue weighted by Gasteiger charge is -2.09. The maximum Gasteiger partial charge on any atom is 0.287 e. The number of nitrogens with one attached hydrogen (secondary N) is 2. The molecule has 1 aliphatic rings. The number of benzene rings is 3. The first-order valence-corrected chi connectivity index (χ1v) is 9.55. The highest BCUT2D eigenvalue weighted by atomic mass is 16.7. The molecule has 31 heavy (non-hydrogen) atoms. The molecular weight excluding hydrogens is 394 g/mol. The van der Waals surface area contributed by atoms with E-state index in [-0.39, 0.29) is 12.5 Å². The monoisotopic (exact) mass is 413 g/mol. The molecule has 0 fully saturated rings. The van der Waals surface area contributed by atoms with Crippen LogP contribution in [0.15, 0.2) is 89.7 Å². The smallest absolute Gasteiger partial charge is 0.287 e. The van der Waals surface area contributed by atoms with Gasteiger partial charge in [0.25, 0.3) is 11.8 Å². The zero-order valence-corrected chi connectivity index (χ0v) is 16.4. The number of hydrogen-bond donors (Lipinski definition) is 2. The highest BCUT2D eigenvalue weighted by Gasteiger charge is 2.16. The molecule has 2 amide bonds. The fourth-order valence-corrected chi connectivity index (χ4v) is 2.88. The van der Waals surface area contributed by atoms with E-state index in [2.05, 4.69) is 15.8 Å². The third kappa shape index (κ3) is 5.16. The van der Waals surface area contributed by atoms with Gasteiger partial charge in [0.2, 0.25) is 6.79 Å². The summed E-state index contributed by atoms with van der Waals surface area (Å²) in [6.45, 7) is 0.148. The van der Waals surface area contributed by atoms with Crippen LogP contribution < -0.4 is 20.2 Å².